The maximum atomic E-state index is 12.9. The van der Waals surface area contributed by atoms with Crippen LogP contribution >= 0.6 is 22.9 Å². The van der Waals surface area contributed by atoms with Gasteiger partial charge in [-0.25, -0.2) is 0 Å². The summed E-state index contributed by atoms with van der Waals surface area (Å²) in [6.07, 6.45) is -0.0214. The number of carbonyl (C=O) groups excluding carboxylic acids is 1. The van der Waals surface area contributed by atoms with Crippen LogP contribution in [0.2, 0.25) is 0 Å². The minimum absolute atomic E-state index is 0.185. The number of nitrogens with zero attached hydrogens (tertiary/aromatic N) is 2. The Kier molecular flexibility index (Phi) is 4.81. The molecule has 0 radical (unpaired) electrons. The second-order valence-corrected chi connectivity index (χ2v) is 7.00. The summed E-state index contributed by atoms with van der Waals surface area (Å²) in [5.41, 5.74) is 2.92. The van der Waals surface area contributed by atoms with E-state index < -0.39 is 5.97 Å². The number of halogens is 1. The molecule has 8 heteroatoms. The number of aliphatic imine (C=N–C) groups is 1. The Morgan fingerprint density at radius 2 is 2.23 bits per heavy atom. The summed E-state index contributed by atoms with van der Waals surface area (Å²) in [6, 6.07) is 3.53. The second kappa shape index (κ2) is 6.90. The zero-order valence-corrected chi connectivity index (χ0v) is 15.5. The molecule has 0 atom stereocenters. The minimum atomic E-state index is -0.986. The maximum absolute atomic E-state index is 12.9. The highest BCUT2D eigenvalue weighted by Crippen LogP contribution is 2.42. The van der Waals surface area contributed by atoms with Gasteiger partial charge in [0.25, 0.3) is 0 Å². The Balaban J connectivity index is 2.08. The molecule has 0 unspecified atom stereocenters. The van der Waals surface area contributed by atoms with Gasteiger partial charge in [0, 0.05) is 34.2 Å². The Hall–Kier alpha value is -2.69. The molecular formula is C18H13ClN2O4S. The summed E-state index contributed by atoms with van der Waals surface area (Å²) in [5.74, 6) is -1.06. The molecule has 1 aliphatic carbocycles. The second-order valence-electron chi connectivity index (χ2n) is 5.71. The fraction of sp³-hybridized carbons (Fsp3) is 0.222. The van der Waals surface area contributed by atoms with Crippen molar-refractivity contribution >= 4 is 40.4 Å². The van der Waals surface area contributed by atoms with Gasteiger partial charge in [0.1, 0.15) is 16.7 Å². The number of Topliss-reactive ketones (excluding diaryl/α,β-unsaturated/α-hetero) is 1. The number of nitriles is 1. The van der Waals surface area contributed by atoms with Gasteiger partial charge in [-0.05, 0) is 18.6 Å². The van der Waals surface area contributed by atoms with Crippen LogP contribution in [0.4, 0.5) is 0 Å². The van der Waals surface area contributed by atoms with Crippen LogP contribution in [0.3, 0.4) is 0 Å². The summed E-state index contributed by atoms with van der Waals surface area (Å²) >= 11 is 7.66. The molecule has 0 saturated heterocycles. The van der Waals surface area contributed by atoms with Gasteiger partial charge in [0.2, 0.25) is 0 Å². The lowest BCUT2D eigenvalue weighted by Gasteiger charge is -2.21. The summed E-state index contributed by atoms with van der Waals surface area (Å²) < 4.78 is 5.37. The van der Waals surface area contributed by atoms with Crippen molar-refractivity contribution in [1.82, 2.24) is 0 Å². The lowest BCUT2D eigenvalue weighted by atomic mass is 9.87. The number of carboxylic acid groups (broad SMARTS) is 1. The van der Waals surface area contributed by atoms with Gasteiger partial charge in [0.05, 0.1) is 24.3 Å². The van der Waals surface area contributed by atoms with Crippen LogP contribution in [0, 0.1) is 11.3 Å². The van der Waals surface area contributed by atoms with Crippen LogP contribution in [0.5, 0.6) is 0 Å². The SMILES string of the molecule is COC1=C(C(=O)c2csc(C#N)c2)CC2=NC(C)=C(CC(=O)O)C2=C1Cl. The number of methoxy groups -OCH3 is 1. The first kappa shape index (κ1) is 18.1. The van der Waals surface area contributed by atoms with Crippen LogP contribution in [-0.4, -0.2) is 29.7 Å². The van der Waals surface area contributed by atoms with Crippen molar-refractivity contribution in [3.8, 4) is 6.07 Å². The third-order valence-electron chi connectivity index (χ3n) is 4.14. The first-order chi connectivity index (χ1) is 12.4. The van der Waals surface area contributed by atoms with E-state index >= 15 is 0 Å². The number of ether oxygens (including phenoxy) is 1. The Morgan fingerprint density at radius 1 is 1.50 bits per heavy atom. The Labute approximate surface area is 158 Å². The molecule has 0 bridgehead atoms. The van der Waals surface area contributed by atoms with Crippen molar-refractivity contribution in [2.45, 2.75) is 19.8 Å². The number of allylic oxidation sites excluding steroid dienone is 4. The number of fused-ring (bicyclic) bond motifs is 1. The van der Waals surface area contributed by atoms with Gasteiger partial charge < -0.3 is 9.84 Å². The molecule has 26 heavy (non-hydrogen) atoms. The molecule has 0 spiro atoms. The third-order valence-corrected chi connectivity index (χ3v) is 5.34. The number of hydrogen-bond donors (Lipinski definition) is 1. The van der Waals surface area contributed by atoms with Crippen LogP contribution in [0.15, 0.2) is 49.6 Å². The lowest BCUT2D eigenvalue weighted by Crippen LogP contribution is -2.19. The monoisotopic (exact) mass is 388 g/mol. The molecule has 2 heterocycles. The molecule has 0 saturated carbocycles. The number of thiophene rings is 1. The zero-order valence-electron chi connectivity index (χ0n) is 13.9. The van der Waals surface area contributed by atoms with Gasteiger partial charge in [0.15, 0.2) is 5.78 Å². The van der Waals surface area contributed by atoms with Gasteiger partial charge in [-0.1, -0.05) is 11.6 Å². The fourth-order valence-corrected chi connectivity index (χ4v) is 4.10. The number of rotatable bonds is 5. The number of ketones is 1. The van der Waals surface area contributed by atoms with E-state index in [-0.39, 0.29) is 29.4 Å². The van der Waals surface area contributed by atoms with Crippen LogP contribution in [0.1, 0.15) is 35.0 Å². The molecule has 1 N–H and O–H groups in total. The van der Waals surface area contributed by atoms with Crippen molar-refractivity contribution in [1.29, 1.82) is 5.26 Å². The molecule has 0 aromatic carbocycles. The van der Waals surface area contributed by atoms with E-state index in [2.05, 4.69) is 4.99 Å². The van der Waals surface area contributed by atoms with Crippen molar-refractivity contribution in [2.75, 3.05) is 7.11 Å². The predicted molar refractivity (Wildman–Crippen MR) is 97.3 cm³/mol. The highest BCUT2D eigenvalue weighted by atomic mass is 35.5. The van der Waals surface area contributed by atoms with Gasteiger partial charge in [-0.2, -0.15) is 5.26 Å². The number of hydrogen-bond acceptors (Lipinski definition) is 6. The molecule has 1 aliphatic heterocycles. The zero-order chi connectivity index (χ0) is 19.0. The average molecular weight is 389 g/mol. The Bertz CT molecular complexity index is 1000. The number of carbonyl (C=O) groups is 2. The van der Waals surface area contributed by atoms with Crippen molar-refractivity contribution in [3.05, 3.63) is 55.1 Å². The summed E-state index contributed by atoms with van der Waals surface area (Å²) in [6.45, 7) is 1.72. The van der Waals surface area contributed by atoms with Gasteiger partial charge >= 0.3 is 5.97 Å². The molecule has 0 amide bonds. The van der Waals surface area contributed by atoms with E-state index in [0.717, 1.165) is 0 Å². The van der Waals surface area contributed by atoms with E-state index in [4.69, 9.17) is 26.7 Å². The smallest absolute Gasteiger partial charge is 0.307 e. The minimum Gasteiger partial charge on any atom is -0.495 e. The van der Waals surface area contributed by atoms with Crippen molar-refractivity contribution < 1.29 is 19.4 Å². The molecule has 2 aliphatic rings. The maximum Gasteiger partial charge on any atom is 0.307 e. The molecule has 132 valence electrons. The molecule has 0 fully saturated rings. The van der Waals surface area contributed by atoms with Crippen LogP contribution in [0.25, 0.3) is 0 Å². The summed E-state index contributed by atoms with van der Waals surface area (Å²) in [5, 5.41) is 19.9. The van der Waals surface area contributed by atoms with Gasteiger partial charge in [-0.3, -0.25) is 14.6 Å². The normalized spacial score (nSPS) is 16.5. The van der Waals surface area contributed by atoms with E-state index in [0.29, 0.717) is 38.6 Å². The quantitative estimate of drug-likeness (QED) is 0.773. The first-order valence-electron chi connectivity index (χ1n) is 7.57. The standard InChI is InChI=1S/C18H13ClN2O4S/c1-8-11(5-14(22)23)15-13(21-8)4-12(18(25-2)16(15)19)17(24)9-3-10(6-20)26-7-9/h3,7H,4-5H2,1-2H3,(H,22,23). The van der Waals surface area contributed by atoms with E-state index in [9.17, 15) is 9.59 Å². The number of carboxylic acids is 1. The van der Waals surface area contributed by atoms with Crippen molar-refractivity contribution in [3.63, 3.8) is 0 Å². The fourth-order valence-electron chi connectivity index (χ4n) is 3.01. The molecule has 3 rings (SSSR count). The first-order valence-corrected chi connectivity index (χ1v) is 8.83. The topological polar surface area (TPSA) is 99.8 Å². The molecule has 1 aromatic heterocycles. The molecule has 1 aromatic rings. The van der Waals surface area contributed by atoms with E-state index in [1.54, 1.807) is 12.3 Å². The Morgan fingerprint density at radius 3 is 2.81 bits per heavy atom. The highest BCUT2D eigenvalue weighted by molar-refractivity contribution is 7.10. The molecular weight excluding hydrogens is 376 g/mol. The van der Waals surface area contributed by atoms with E-state index in [1.807, 2.05) is 6.07 Å². The summed E-state index contributed by atoms with van der Waals surface area (Å²) in [4.78, 5) is 28.9. The average Bonchev–Trinajstić information content (AvgIpc) is 3.19. The van der Waals surface area contributed by atoms with Crippen molar-refractivity contribution in [2.24, 2.45) is 4.99 Å². The van der Waals surface area contributed by atoms with E-state index in [1.165, 1.54) is 24.5 Å². The lowest BCUT2D eigenvalue weighted by molar-refractivity contribution is -0.136. The largest absolute Gasteiger partial charge is 0.495 e. The molecule has 6 nitrogen and oxygen atoms in total. The third kappa shape index (κ3) is 2.98. The summed E-state index contributed by atoms with van der Waals surface area (Å²) in [7, 11) is 1.41. The highest BCUT2D eigenvalue weighted by Gasteiger charge is 2.36. The predicted octanol–water partition coefficient (Wildman–Crippen LogP) is 3.80. The van der Waals surface area contributed by atoms with Crippen LogP contribution < -0.4 is 0 Å². The number of aliphatic carboxylic acids is 1. The van der Waals surface area contributed by atoms with Crippen LogP contribution in [-0.2, 0) is 9.53 Å². The van der Waals surface area contributed by atoms with Gasteiger partial charge in [-0.15, -0.1) is 11.3 Å².